The van der Waals surface area contributed by atoms with Crippen molar-refractivity contribution in [3.63, 3.8) is 0 Å². The highest BCUT2D eigenvalue weighted by atomic mass is 16.4. The number of carbonyl (C=O) groups is 2. The van der Waals surface area contributed by atoms with Crippen LogP contribution in [0.3, 0.4) is 0 Å². The van der Waals surface area contributed by atoms with Crippen LogP contribution < -0.4 is 0 Å². The molecule has 0 aromatic heterocycles. The van der Waals surface area contributed by atoms with Gasteiger partial charge in [-0.25, -0.2) is 0 Å². The molecule has 1 unspecified atom stereocenters. The summed E-state index contributed by atoms with van der Waals surface area (Å²) in [4.78, 5) is 21.5. The number of Topliss-reactive ketones (excluding diaryl/α,β-unsaturated/α-hetero) is 1. The van der Waals surface area contributed by atoms with E-state index in [0.717, 1.165) is 77.0 Å². The molecule has 2 atom stereocenters. The zero-order valence-electron chi connectivity index (χ0n) is 16.2. The molecule has 0 aromatic carbocycles. The Morgan fingerprint density at radius 3 is 2.12 bits per heavy atom. The Labute approximate surface area is 153 Å². The molecule has 0 spiro atoms. The van der Waals surface area contributed by atoms with Crippen LogP contribution in [0.4, 0.5) is 0 Å². The van der Waals surface area contributed by atoms with Crippen LogP contribution in [0.5, 0.6) is 0 Å². The van der Waals surface area contributed by atoms with E-state index >= 15 is 0 Å². The molecule has 0 aromatic rings. The molecule has 0 amide bonds. The first-order valence-electron chi connectivity index (χ1n) is 9.98. The molecule has 0 fully saturated rings. The highest BCUT2D eigenvalue weighted by molar-refractivity contribution is 5.75. The molecule has 25 heavy (non-hydrogen) atoms. The molecule has 0 rings (SSSR count). The van der Waals surface area contributed by atoms with E-state index in [4.69, 9.17) is 5.11 Å². The van der Waals surface area contributed by atoms with E-state index in [1.54, 1.807) is 13.8 Å². The molecule has 146 valence electrons. The quantitative estimate of drug-likeness (QED) is 0.275. The molecule has 0 bridgehead atoms. The largest absolute Gasteiger partial charge is 0.481 e. The van der Waals surface area contributed by atoms with E-state index in [9.17, 15) is 14.7 Å². The van der Waals surface area contributed by atoms with E-state index in [1.165, 1.54) is 0 Å². The second-order valence-electron chi connectivity index (χ2n) is 7.25. The third kappa shape index (κ3) is 17.5. The van der Waals surface area contributed by atoms with Crippen LogP contribution in [-0.2, 0) is 9.59 Å². The summed E-state index contributed by atoms with van der Waals surface area (Å²) in [5.74, 6) is -0.659. The van der Waals surface area contributed by atoms with Gasteiger partial charge in [-0.2, -0.15) is 0 Å². The third-order valence-corrected chi connectivity index (χ3v) is 4.57. The normalized spacial score (nSPS) is 13.9. The molecule has 0 aliphatic rings. The van der Waals surface area contributed by atoms with Crippen LogP contribution in [0.15, 0.2) is 12.2 Å². The maximum atomic E-state index is 10.8. The molecule has 0 aliphatic heterocycles. The van der Waals surface area contributed by atoms with Gasteiger partial charge >= 0.3 is 5.97 Å². The van der Waals surface area contributed by atoms with Crippen LogP contribution in [0.25, 0.3) is 0 Å². The minimum Gasteiger partial charge on any atom is -0.481 e. The number of unbranched alkanes of at least 4 members (excludes halogenated alkanes) is 7. The molecule has 0 aliphatic carbocycles. The van der Waals surface area contributed by atoms with Crippen molar-refractivity contribution in [2.75, 3.05) is 0 Å². The molecule has 0 radical (unpaired) electrons. The van der Waals surface area contributed by atoms with E-state index < -0.39 is 5.97 Å². The Bertz CT molecular complexity index is 376. The second kappa shape index (κ2) is 16.3. The Kier molecular flexibility index (Phi) is 15.6. The van der Waals surface area contributed by atoms with Crippen LogP contribution in [0.1, 0.15) is 97.3 Å². The Morgan fingerprint density at radius 1 is 0.880 bits per heavy atom. The van der Waals surface area contributed by atoms with Crippen LogP contribution in [0.2, 0.25) is 0 Å². The molecule has 4 nitrogen and oxygen atoms in total. The van der Waals surface area contributed by atoms with Crippen molar-refractivity contribution >= 4 is 11.8 Å². The zero-order valence-corrected chi connectivity index (χ0v) is 16.2. The number of hydrogen-bond acceptors (Lipinski definition) is 3. The van der Waals surface area contributed by atoms with Gasteiger partial charge in [0, 0.05) is 6.42 Å². The van der Waals surface area contributed by atoms with E-state index in [0.29, 0.717) is 6.42 Å². The maximum absolute atomic E-state index is 10.8. The number of carboxylic acids is 1. The molecular weight excluding hydrogens is 316 g/mol. The summed E-state index contributed by atoms with van der Waals surface area (Å²) in [6, 6.07) is 0. The lowest BCUT2D eigenvalue weighted by molar-refractivity contribution is -0.141. The number of ketones is 1. The van der Waals surface area contributed by atoms with Gasteiger partial charge in [0.2, 0.25) is 0 Å². The highest BCUT2D eigenvalue weighted by Crippen LogP contribution is 2.13. The number of aliphatic hydroxyl groups is 1. The number of carboxylic acid groups (broad SMARTS) is 1. The summed E-state index contributed by atoms with van der Waals surface area (Å²) in [5, 5.41) is 18.7. The van der Waals surface area contributed by atoms with E-state index in [-0.39, 0.29) is 17.8 Å². The average molecular weight is 355 g/mol. The van der Waals surface area contributed by atoms with Crippen molar-refractivity contribution in [3.8, 4) is 0 Å². The summed E-state index contributed by atoms with van der Waals surface area (Å²) in [7, 11) is 0. The predicted octanol–water partition coefficient (Wildman–Crippen LogP) is 5.28. The first-order valence-corrected chi connectivity index (χ1v) is 9.98. The van der Waals surface area contributed by atoms with Gasteiger partial charge in [-0.3, -0.25) is 4.79 Å². The summed E-state index contributed by atoms with van der Waals surface area (Å²) in [6.07, 6.45) is 16.6. The van der Waals surface area contributed by atoms with Gasteiger partial charge in [0.05, 0.1) is 12.0 Å². The van der Waals surface area contributed by atoms with Crippen LogP contribution in [-0.4, -0.2) is 28.1 Å². The fraction of sp³-hybridized carbons (Fsp3) is 0.810. The van der Waals surface area contributed by atoms with Crippen molar-refractivity contribution in [1.82, 2.24) is 0 Å². The van der Waals surface area contributed by atoms with Gasteiger partial charge in [0.15, 0.2) is 0 Å². The Morgan fingerprint density at radius 2 is 1.48 bits per heavy atom. The van der Waals surface area contributed by atoms with Gasteiger partial charge < -0.3 is 15.0 Å². The third-order valence-electron chi connectivity index (χ3n) is 4.57. The monoisotopic (exact) mass is 354 g/mol. The highest BCUT2D eigenvalue weighted by Gasteiger charge is 2.09. The lowest BCUT2D eigenvalue weighted by Crippen LogP contribution is -2.08. The van der Waals surface area contributed by atoms with Crippen LogP contribution >= 0.6 is 0 Å². The summed E-state index contributed by atoms with van der Waals surface area (Å²) >= 11 is 0. The van der Waals surface area contributed by atoms with Gasteiger partial charge in [-0.15, -0.1) is 0 Å². The van der Waals surface area contributed by atoms with Crippen molar-refractivity contribution in [2.24, 2.45) is 5.92 Å². The Hall–Kier alpha value is -1.16. The number of aliphatic carboxylic acids is 1. The fourth-order valence-corrected chi connectivity index (χ4v) is 2.79. The van der Waals surface area contributed by atoms with Gasteiger partial charge in [0.1, 0.15) is 5.78 Å². The molecular formula is C21H38O4. The number of rotatable bonds is 17. The topological polar surface area (TPSA) is 74.6 Å². The Balaban J connectivity index is 3.38. The zero-order chi connectivity index (χ0) is 18.9. The van der Waals surface area contributed by atoms with E-state index in [1.807, 2.05) is 0 Å². The number of aliphatic hydroxyl groups excluding tert-OH is 1. The van der Waals surface area contributed by atoms with Gasteiger partial charge in [0.25, 0.3) is 0 Å². The van der Waals surface area contributed by atoms with Gasteiger partial charge in [-0.05, 0) is 45.4 Å². The molecule has 4 heteroatoms. The lowest BCUT2D eigenvalue weighted by Gasteiger charge is -2.07. The molecule has 2 N–H and O–H groups in total. The van der Waals surface area contributed by atoms with Crippen molar-refractivity contribution in [3.05, 3.63) is 12.2 Å². The standard InChI is InChI=1S/C21H38O4/c1-18(21(24)25)14-10-6-4-3-5-7-12-16-20(23)17-13-9-8-11-15-19(2)22/h7,12,18,20,23H,3-6,8-11,13-17H2,1-2H3,(H,24,25)/t18?,20-/m0/s1. The maximum Gasteiger partial charge on any atom is 0.306 e. The average Bonchev–Trinajstić information content (AvgIpc) is 2.55. The number of hydrogen-bond donors (Lipinski definition) is 2. The second-order valence-corrected chi connectivity index (χ2v) is 7.25. The van der Waals surface area contributed by atoms with Crippen molar-refractivity contribution in [2.45, 2.75) is 103 Å². The first-order chi connectivity index (χ1) is 11.9. The molecule has 0 heterocycles. The fourth-order valence-electron chi connectivity index (χ4n) is 2.79. The summed E-state index contributed by atoms with van der Waals surface area (Å²) in [5.41, 5.74) is 0. The van der Waals surface area contributed by atoms with Crippen molar-refractivity contribution in [1.29, 1.82) is 0 Å². The number of carbonyl (C=O) groups excluding carboxylic acids is 1. The minimum absolute atomic E-state index is 0.226. The lowest BCUT2D eigenvalue weighted by atomic mass is 10.0. The predicted molar refractivity (Wildman–Crippen MR) is 103 cm³/mol. The van der Waals surface area contributed by atoms with Crippen LogP contribution in [0, 0.1) is 5.92 Å². The summed E-state index contributed by atoms with van der Waals surface area (Å²) < 4.78 is 0. The molecule has 0 saturated carbocycles. The number of allylic oxidation sites excluding steroid dienone is 1. The SMILES string of the molecule is CC(=O)CCCCCC[C@@H](O)CC=CCCCCCCC(C)C(=O)O. The van der Waals surface area contributed by atoms with Gasteiger partial charge in [-0.1, -0.05) is 57.6 Å². The van der Waals surface area contributed by atoms with Crippen molar-refractivity contribution < 1.29 is 19.8 Å². The minimum atomic E-state index is -0.697. The smallest absolute Gasteiger partial charge is 0.306 e. The van der Waals surface area contributed by atoms with E-state index in [2.05, 4.69) is 12.2 Å². The summed E-state index contributed by atoms with van der Waals surface area (Å²) in [6.45, 7) is 3.40. The molecule has 0 saturated heterocycles. The first kappa shape index (κ1) is 23.8.